The number of nitrogens with one attached hydrogen (secondary N) is 1. The number of imidazole rings is 1. The number of carbonyl (C=O) groups excluding carboxylic acids is 1. The van der Waals surface area contributed by atoms with E-state index in [4.69, 9.17) is 0 Å². The average molecular weight is 348 g/mol. The van der Waals surface area contributed by atoms with Crippen molar-refractivity contribution in [3.05, 3.63) is 71.7 Å². The molecule has 1 aliphatic rings. The summed E-state index contributed by atoms with van der Waals surface area (Å²) in [5.74, 6) is -0.138. The minimum atomic E-state index is -0.138. The molecule has 0 atom stereocenters. The molecule has 26 heavy (non-hydrogen) atoms. The molecule has 0 unspecified atom stereocenters. The fraction of sp³-hybridized carbons (Fsp3) is 0.333. The Kier molecular flexibility index (Phi) is 4.97. The molecule has 2 aromatic heterocycles. The van der Waals surface area contributed by atoms with Crippen molar-refractivity contribution in [3.8, 4) is 0 Å². The molecule has 134 valence electrons. The van der Waals surface area contributed by atoms with Gasteiger partial charge in [0.15, 0.2) is 0 Å². The van der Waals surface area contributed by atoms with Crippen molar-refractivity contribution in [1.29, 1.82) is 0 Å². The van der Waals surface area contributed by atoms with Gasteiger partial charge in [0.1, 0.15) is 11.3 Å². The van der Waals surface area contributed by atoms with Crippen molar-refractivity contribution in [1.82, 2.24) is 19.6 Å². The van der Waals surface area contributed by atoms with Crippen LogP contribution >= 0.6 is 0 Å². The van der Waals surface area contributed by atoms with Crippen molar-refractivity contribution in [2.45, 2.75) is 32.4 Å². The monoisotopic (exact) mass is 348 g/mol. The summed E-state index contributed by atoms with van der Waals surface area (Å²) in [6, 6.07) is 14.1. The molecular weight excluding hydrogens is 324 g/mol. The van der Waals surface area contributed by atoms with Gasteiger partial charge in [-0.15, -0.1) is 0 Å². The maximum Gasteiger partial charge on any atom is 0.271 e. The molecule has 0 aliphatic carbocycles. The number of likely N-dealkylation sites (tertiary alicyclic amines) is 1. The summed E-state index contributed by atoms with van der Waals surface area (Å²) in [5, 5.41) is 3.02. The van der Waals surface area contributed by atoms with E-state index in [0.29, 0.717) is 12.2 Å². The number of hydrogen-bond acceptors (Lipinski definition) is 3. The number of nitrogens with zero attached hydrogens (tertiary/aromatic N) is 3. The maximum absolute atomic E-state index is 12.5. The quantitative estimate of drug-likeness (QED) is 0.770. The zero-order chi connectivity index (χ0) is 17.8. The van der Waals surface area contributed by atoms with E-state index in [0.717, 1.165) is 12.2 Å². The van der Waals surface area contributed by atoms with Gasteiger partial charge >= 0.3 is 0 Å². The molecular formula is C21H24N4O. The van der Waals surface area contributed by atoms with Gasteiger partial charge in [-0.25, -0.2) is 4.98 Å². The normalized spacial score (nSPS) is 15.2. The number of pyridine rings is 1. The highest BCUT2D eigenvalue weighted by Gasteiger charge is 2.14. The van der Waals surface area contributed by atoms with E-state index in [1.54, 1.807) is 6.20 Å². The maximum atomic E-state index is 12.5. The van der Waals surface area contributed by atoms with Crippen molar-refractivity contribution in [2.75, 3.05) is 13.1 Å². The van der Waals surface area contributed by atoms with Crippen LogP contribution in [0.15, 0.2) is 54.9 Å². The van der Waals surface area contributed by atoms with Gasteiger partial charge in [0.2, 0.25) is 0 Å². The van der Waals surface area contributed by atoms with E-state index in [2.05, 4.69) is 33.4 Å². The zero-order valence-electron chi connectivity index (χ0n) is 14.9. The fourth-order valence-electron chi connectivity index (χ4n) is 3.55. The predicted octanol–water partition coefficient (Wildman–Crippen LogP) is 3.25. The number of hydrogen-bond donors (Lipinski definition) is 1. The molecule has 1 fully saturated rings. The second-order valence-corrected chi connectivity index (χ2v) is 6.88. The summed E-state index contributed by atoms with van der Waals surface area (Å²) in [5.41, 5.74) is 3.70. The zero-order valence-corrected chi connectivity index (χ0v) is 14.9. The van der Waals surface area contributed by atoms with Crippen LogP contribution in [-0.4, -0.2) is 33.3 Å². The van der Waals surface area contributed by atoms with Gasteiger partial charge in [-0.2, -0.15) is 0 Å². The van der Waals surface area contributed by atoms with E-state index >= 15 is 0 Å². The van der Waals surface area contributed by atoms with Gasteiger partial charge < -0.3 is 9.72 Å². The van der Waals surface area contributed by atoms with Crippen LogP contribution in [0.3, 0.4) is 0 Å². The van der Waals surface area contributed by atoms with Crippen LogP contribution in [0.25, 0.3) is 5.65 Å². The van der Waals surface area contributed by atoms with E-state index in [1.807, 2.05) is 34.9 Å². The molecule has 0 radical (unpaired) electrons. The van der Waals surface area contributed by atoms with Crippen LogP contribution < -0.4 is 5.32 Å². The Balaban J connectivity index is 1.43. The molecule has 1 aromatic carbocycles. The SMILES string of the molecule is O=C(NCc1ccccc1CN1CCCCC1)c1cn2ccccc2n1. The van der Waals surface area contributed by atoms with Gasteiger partial charge in [-0.3, -0.25) is 9.69 Å². The Bertz CT molecular complexity index is 863. The highest BCUT2D eigenvalue weighted by molar-refractivity contribution is 5.92. The fourth-order valence-corrected chi connectivity index (χ4v) is 3.55. The Morgan fingerprint density at radius 1 is 1.00 bits per heavy atom. The topological polar surface area (TPSA) is 49.6 Å². The van der Waals surface area contributed by atoms with Crippen LogP contribution in [-0.2, 0) is 13.1 Å². The lowest BCUT2D eigenvalue weighted by atomic mass is 10.0. The Labute approximate surface area is 153 Å². The van der Waals surface area contributed by atoms with Gasteiger partial charge in [0.05, 0.1) is 0 Å². The molecule has 3 heterocycles. The summed E-state index contributed by atoms with van der Waals surface area (Å²) in [4.78, 5) is 19.4. The third-order valence-electron chi connectivity index (χ3n) is 5.00. The minimum absolute atomic E-state index is 0.138. The highest BCUT2D eigenvalue weighted by Crippen LogP contribution is 2.16. The van der Waals surface area contributed by atoms with E-state index in [1.165, 1.54) is 43.5 Å². The molecule has 1 N–H and O–H groups in total. The van der Waals surface area contributed by atoms with E-state index in [-0.39, 0.29) is 5.91 Å². The van der Waals surface area contributed by atoms with Gasteiger partial charge in [-0.1, -0.05) is 36.8 Å². The van der Waals surface area contributed by atoms with Crippen molar-refractivity contribution in [2.24, 2.45) is 0 Å². The lowest BCUT2D eigenvalue weighted by molar-refractivity contribution is 0.0946. The van der Waals surface area contributed by atoms with E-state index < -0.39 is 0 Å². The summed E-state index contributed by atoms with van der Waals surface area (Å²) < 4.78 is 1.86. The van der Waals surface area contributed by atoms with Crippen molar-refractivity contribution >= 4 is 11.6 Å². The van der Waals surface area contributed by atoms with Gasteiger partial charge in [0, 0.05) is 25.5 Å². The lowest BCUT2D eigenvalue weighted by Crippen LogP contribution is -2.30. The first-order valence-electron chi connectivity index (χ1n) is 9.31. The summed E-state index contributed by atoms with van der Waals surface area (Å²) in [6.07, 6.45) is 7.57. The van der Waals surface area contributed by atoms with Crippen molar-refractivity contribution in [3.63, 3.8) is 0 Å². The number of benzene rings is 1. The first kappa shape index (κ1) is 16.8. The Morgan fingerprint density at radius 2 is 1.77 bits per heavy atom. The number of carbonyl (C=O) groups is 1. The summed E-state index contributed by atoms with van der Waals surface area (Å²) in [6.45, 7) is 3.82. The average Bonchev–Trinajstić information content (AvgIpc) is 3.12. The lowest BCUT2D eigenvalue weighted by Gasteiger charge is -2.27. The molecule has 5 nitrogen and oxygen atoms in total. The molecule has 3 aromatic rings. The minimum Gasteiger partial charge on any atom is -0.347 e. The Morgan fingerprint density at radius 3 is 2.58 bits per heavy atom. The van der Waals surface area contributed by atoms with Crippen LogP contribution in [0, 0.1) is 0 Å². The van der Waals surface area contributed by atoms with Crippen LogP contribution in [0.1, 0.15) is 40.9 Å². The third-order valence-corrected chi connectivity index (χ3v) is 5.00. The largest absolute Gasteiger partial charge is 0.347 e. The first-order valence-corrected chi connectivity index (χ1v) is 9.31. The smallest absolute Gasteiger partial charge is 0.271 e. The van der Waals surface area contributed by atoms with Gasteiger partial charge in [0.25, 0.3) is 5.91 Å². The number of amides is 1. The third kappa shape index (κ3) is 3.78. The number of piperidine rings is 1. The number of fused-ring (bicyclic) bond motifs is 1. The van der Waals surface area contributed by atoms with Crippen LogP contribution in [0.2, 0.25) is 0 Å². The molecule has 1 amide bonds. The molecule has 0 spiro atoms. The molecule has 0 saturated carbocycles. The Hall–Kier alpha value is -2.66. The molecule has 5 heteroatoms. The van der Waals surface area contributed by atoms with Crippen LogP contribution in [0.5, 0.6) is 0 Å². The number of rotatable bonds is 5. The molecule has 1 saturated heterocycles. The van der Waals surface area contributed by atoms with Crippen LogP contribution in [0.4, 0.5) is 0 Å². The second kappa shape index (κ2) is 7.70. The number of aromatic nitrogens is 2. The second-order valence-electron chi connectivity index (χ2n) is 6.88. The highest BCUT2D eigenvalue weighted by atomic mass is 16.1. The molecule has 4 rings (SSSR count). The summed E-state index contributed by atoms with van der Waals surface area (Å²) >= 11 is 0. The van der Waals surface area contributed by atoms with E-state index in [9.17, 15) is 4.79 Å². The first-order chi connectivity index (χ1) is 12.8. The predicted molar refractivity (Wildman–Crippen MR) is 102 cm³/mol. The van der Waals surface area contributed by atoms with Crippen molar-refractivity contribution < 1.29 is 4.79 Å². The van der Waals surface area contributed by atoms with Gasteiger partial charge in [-0.05, 0) is 49.2 Å². The standard InChI is InChI=1S/C21H24N4O/c26-21(19-16-25-13-7-4-10-20(25)23-19)22-14-17-8-2-3-9-18(17)15-24-11-5-1-6-12-24/h2-4,7-10,13,16H,1,5-6,11-12,14-15H2,(H,22,26). The molecule has 1 aliphatic heterocycles. The molecule has 0 bridgehead atoms. The summed E-state index contributed by atoms with van der Waals surface area (Å²) in [7, 11) is 0.